The van der Waals surface area contributed by atoms with E-state index in [4.69, 9.17) is 0 Å². The van der Waals surface area contributed by atoms with Crippen molar-refractivity contribution in [3.63, 3.8) is 0 Å². The van der Waals surface area contributed by atoms with Gasteiger partial charge in [0, 0.05) is 43.7 Å². The fourth-order valence-electron chi connectivity index (χ4n) is 7.57. The van der Waals surface area contributed by atoms with Gasteiger partial charge in [-0.3, -0.25) is 14.4 Å². The van der Waals surface area contributed by atoms with Crippen LogP contribution < -0.4 is 4.90 Å². The van der Waals surface area contributed by atoms with Crippen molar-refractivity contribution >= 4 is 45.9 Å². The van der Waals surface area contributed by atoms with E-state index in [1.165, 1.54) is 0 Å². The largest absolute Gasteiger partial charge is 0.396 e. The number of benzene rings is 2. The summed E-state index contributed by atoms with van der Waals surface area (Å²) in [7, 11) is 0. The van der Waals surface area contributed by atoms with Crippen molar-refractivity contribution in [1.29, 1.82) is 0 Å². The molecular weight excluding hydrogens is 558 g/mol. The molecular formula is C35H45N3O4S. The van der Waals surface area contributed by atoms with Gasteiger partial charge in [0.1, 0.15) is 6.04 Å². The number of amides is 3. The number of fused-ring (bicyclic) bond motifs is 2. The summed E-state index contributed by atoms with van der Waals surface area (Å²) in [5, 5.41) is 11.4. The average Bonchev–Trinajstić information content (AvgIpc) is 3.66. The molecule has 1 N–H and O–H groups in total. The molecule has 3 saturated heterocycles. The molecule has 5 rings (SSSR count). The van der Waals surface area contributed by atoms with E-state index in [9.17, 15) is 19.5 Å². The van der Waals surface area contributed by atoms with Gasteiger partial charge in [0.25, 0.3) is 5.91 Å². The first kappa shape index (κ1) is 31.3. The van der Waals surface area contributed by atoms with Crippen LogP contribution in [0.2, 0.25) is 0 Å². The Balaban J connectivity index is 1.52. The second-order valence-electron chi connectivity index (χ2n) is 12.1. The molecule has 7 nitrogen and oxygen atoms in total. The van der Waals surface area contributed by atoms with Crippen LogP contribution in [0.25, 0.3) is 10.8 Å². The van der Waals surface area contributed by atoms with Gasteiger partial charge in [-0.1, -0.05) is 62.2 Å². The van der Waals surface area contributed by atoms with E-state index in [-0.39, 0.29) is 29.6 Å². The molecule has 2 aromatic rings. The van der Waals surface area contributed by atoms with Gasteiger partial charge >= 0.3 is 0 Å². The summed E-state index contributed by atoms with van der Waals surface area (Å²) < 4.78 is -0.632. The van der Waals surface area contributed by atoms with E-state index >= 15 is 0 Å². The first-order valence-corrected chi connectivity index (χ1v) is 16.7. The van der Waals surface area contributed by atoms with E-state index < -0.39 is 22.6 Å². The van der Waals surface area contributed by atoms with Crippen molar-refractivity contribution in [3.8, 4) is 0 Å². The number of likely N-dealkylation sites (tertiary alicyclic amines) is 1. The Labute approximate surface area is 260 Å². The summed E-state index contributed by atoms with van der Waals surface area (Å²) in [6.45, 7) is 11.9. The van der Waals surface area contributed by atoms with Crippen molar-refractivity contribution < 1.29 is 19.5 Å². The number of hydrogen-bond donors (Lipinski definition) is 1. The third-order valence-corrected chi connectivity index (χ3v) is 11.4. The minimum Gasteiger partial charge on any atom is -0.396 e. The lowest BCUT2D eigenvalue weighted by Gasteiger charge is -2.37. The van der Waals surface area contributed by atoms with Crippen LogP contribution in [0, 0.1) is 11.8 Å². The van der Waals surface area contributed by atoms with E-state index in [2.05, 4.69) is 26.1 Å². The first-order valence-electron chi connectivity index (χ1n) is 15.8. The molecule has 3 fully saturated rings. The molecule has 5 atom stereocenters. The molecule has 0 aromatic heterocycles. The van der Waals surface area contributed by atoms with Gasteiger partial charge in [-0.05, 0) is 55.0 Å². The molecule has 0 saturated carbocycles. The van der Waals surface area contributed by atoms with Crippen molar-refractivity contribution in [2.45, 2.75) is 67.9 Å². The van der Waals surface area contributed by atoms with Crippen LogP contribution in [-0.4, -0.2) is 81.5 Å². The highest BCUT2D eigenvalue weighted by Gasteiger charge is 2.74. The molecule has 3 heterocycles. The highest BCUT2D eigenvalue weighted by Crippen LogP contribution is 2.66. The minimum atomic E-state index is -0.652. The minimum absolute atomic E-state index is 0.0210. The summed E-state index contributed by atoms with van der Waals surface area (Å²) >= 11 is 1.72. The monoisotopic (exact) mass is 603 g/mol. The van der Waals surface area contributed by atoms with Crippen LogP contribution >= 0.6 is 11.8 Å². The Kier molecular flexibility index (Phi) is 9.97. The molecule has 2 aromatic carbocycles. The third-order valence-electron chi connectivity index (χ3n) is 9.40. The second kappa shape index (κ2) is 13.7. The van der Waals surface area contributed by atoms with Crippen molar-refractivity contribution in [2.75, 3.05) is 37.7 Å². The highest BCUT2D eigenvalue weighted by molar-refractivity contribution is 8.02. The normalized spacial score (nSPS) is 25.6. The third kappa shape index (κ3) is 5.76. The van der Waals surface area contributed by atoms with Crippen molar-refractivity contribution in [3.05, 3.63) is 67.8 Å². The number of carbonyl (C=O) groups excluding carboxylic acids is 3. The molecule has 43 heavy (non-hydrogen) atoms. The standard InChI is InChI=1S/C35H45N3O4S/c1-4-19-36(20-5-2)32(40)29-28-17-18-35(43-28)30(29)33(41)38(22-11-7-8-12-23-39)31(35)34(42)37(21-6-3)27-16-15-25-13-9-10-14-26(25)24-27/h4,6,9-10,13-16,24,28-31,39H,1,3,5,7-8,11-12,17-23H2,2H3/t28-,29+,30+,31?,35?/m1/s1. The molecule has 2 bridgehead atoms. The molecule has 3 aliphatic heterocycles. The molecule has 0 aliphatic carbocycles. The number of aliphatic hydroxyl groups excluding tert-OH is 1. The van der Waals surface area contributed by atoms with Crippen LogP contribution in [0.1, 0.15) is 51.9 Å². The SMILES string of the molecule is C=CCN(CCC)C(=O)[C@@H]1[C@H]2C(=O)N(CCCCCCO)C(C(=O)N(CC=C)c3ccc4ccccc4c3)C23CC[C@H]1S3. The number of unbranched alkanes of at least 4 members (excludes halogenated alkanes) is 3. The average molecular weight is 604 g/mol. The lowest BCUT2D eigenvalue weighted by atomic mass is 9.70. The Morgan fingerprint density at radius 2 is 1.79 bits per heavy atom. The van der Waals surface area contributed by atoms with E-state index in [0.717, 1.165) is 61.4 Å². The summed E-state index contributed by atoms with van der Waals surface area (Å²) in [5.74, 6) is -1.07. The van der Waals surface area contributed by atoms with Gasteiger partial charge in [0.05, 0.1) is 16.6 Å². The van der Waals surface area contributed by atoms with Gasteiger partial charge in [0.15, 0.2) is 0 Å². The van der Waals surface area contributed by atoms with Crippen LogP contribution in [0.5, 0.6) is 0 Å². The van der Waals surface area contributed by atoms with Gasteiger partial charge in [0.2, 0.25) is 11.8 Å². The maximum Gasteiger partial charge on any atom is 0.251 e. The number of thioether (sulfide) groups is 1. The Morgan fingerprint density at radius 1 is 1.05 bits per heavy atom. The quantitative estimate of drug-likeness (QED) is 0.217. The van der Waals surface area contributed by atoms with Crippen molar-refractivity contribution in [2.24, 2.45) is 11.8 Å². The maximum absolute atomic E-state index is 14.8. The van der Waals surface area contributed by atoms with Gasteiger partial charge in [-0.25, -0.2) is 0 Å². The topological polar surface area (TPSA) is 81.2 Å². The predicted molar refractivity (Wildman–Crippen MR) is 175 cm³/mol. The van der Waals surface area contributed by atoms with Gasteiger partial charge < -0.3 is 19.8 Å². The predicted octanol–water partition coefficient (Wildman–Crippen LogP) is 5.43. The first-order chi connectivity index (χ1) is 20.9. The summed E-state index contributed by atoms with van der Waals surface area (Å²) in [5.41, 5.74) is 0.782. The number of anilines is 1. The molecule has 3 aliphatic rings. The van der Waals surface area contributed by atoms with E-state index in [0.29, 0.717) is 26.2 Å². The van der Waals surface area contributed by atoms with E-state index in [1.807, 2.05) is 46.2 Å². The summed E-state index contributed by atoms with van der Waals surface area (Å²) in [4.78, 5) is 48.8. The van der Waals surface area contributed by atoms with Gasteiger partial charge in [-0.15, -0.1) is 24.9 Å². The Morgan fingerprint density at radius 3 is 2.51 bits per heavy atom. The van der Waals surface area contributed by atoms with Crippen LogP contribution in [0.15, 0.2) is 67.8 Å². The summed E-state index contributed by atoms with van der Waals surface area (Å²) in [6.07, 6.45) is 9.10. The number of hydrogen-bond acceptors (Lipinski definition) is 5. The fourth-order valence-corrected chi connectivity index (χ4v) is 9.78. The van der Waals surface area contributed by atoms with Crippen LogP contribution in [0.3, 0.4) is 0 Å². The zero-order chi connectivity index (χ0) is 30.6. The lowest BCUT2D eigenvalue weighted by Crippen LogP contribution is -2.55. The van der Waals surface area contributed by atoms with Crippen molar-refractivity contribution in [1.82, 2.24) is 9.80 Å². The van der Waals surface area contributed by atoms with Crippen LogP contribution in [-0.2, 0) is 14.4 Å². The molecule has 3 amide bonds. The molecule has 1 spiro atoms. The second-order valence-corrected chi connectivity index (χ2v) is 13.7. The molecule has 2 unspecified atom stereocenters. The van der Waals surface area contributed by atoms with Gasteiger partial charge in [-0.2, -0.15) is 0 Å². The zero-order valence-corrected chi connectivity index (χ0v) is 26.1. The lowest BCUT2D eigenvalue weighted by molar-refractivity contribution is -0.143. The zero-order valence-electron chi connectivity index (χ0n) is 25.3. The Hall–Kier alpha value is -3.10. The molecule has 8 heteroatoms. The molecule has 230 valence electrons. The van der Waals surface area contributed by atoms with Crippen LogP contribution in [0.4, 0.5) is 5.69 Å². The van der Waals surface area contributed by atoms with E-state index in [1.54, 1.807) is 28.8 Å². The number of aliphatic hydroxyl groups is 1. The number of nitrogens with zero attached hydrogens (tertiary/aromatic N) is 3. The fraction of sp³-hybridized carbons (Fsp3) is 0.514. The smallest absolute Gasteiger partial charge is 0.251 e. The number of rotatable bonds is 15. The molecule has 0 radical (unpaired) electrons. The Bertz CT molecular complexity index is 1360. The summed E-state index contributed by atoms with van der Waals surface area (Å²) in [6, 6.07) is 13.5. The highest BCUT2D eigenvalue weighted by atomic mass is 32.2. The maximum atomic E-state index is 14.8. The number of carbonyl (C=O) groups is 3.